The Morgan fingerprint density at radius 2 is 1.93 bits per heavy atom. The van der Waals surface area contributed by atoms with Crippen LogP contribution >= 0.6 is 0 Å². The van der Waals surface area contributed by atoms with E-state index in [-0.39, 0.29) is 17.6 Å². The van der Waals surface area contributed by atoms with Crippen LogP contribution in [0.15, 0.2) is 18.3 Å². The zero-order valence-corrected chi connectivity index (χ0v) is 17.4. The molecule has 0 aromatic carbocycles. The summed E-state index contributed by atoms with van der Waals surface area (Å²) in [5.74, 6) is 1.40. The third kappa shape index (κ3) is 5.44. The van der Waals surface area contributed by atoms with Gasteiger partial charge in [0.25, 0.3) is 0 Å². The number of carbonyl (C=O) groups excluding carboxylic acids is 1. The van der Waals surface area contributed by atoms with Gasteiger partial charge in [-0.15, -0.1) is 0 Å². The molecule has 1 saturated heterocycles. The van der Waals surface area contributed by atoms with Crippen molar-refractivity contribution in [2.75, 3.05) is 30.8 Å². The number of hydrogen-bond donors (Lipinski definition) is 1. The summed E-state index contributed by atoms with van der Waals surface area (Å²) in [6.45, 7) is 3.08. The Morgan fingerprint density at radius 1 is 1.21 bits per heavy atom. The standard InChI is InChI=1S/C20H31N3O4S/c1-2-28(25,26)23-13-10-17(11-14-23)20(24)22-19-18(9-6-12-21-19)27-15-16-7-4-3-5-8-16/h6,9,12,16-17H,2-5,7-8,10-11,13-15H2,1H3,(H,21,22,24). The summed E-state index contributed by atoms with van der Waals surface area (Å²) >= 11 is 0. The number of pyridine rings is 1. The molecule has 1 N–H and O–H groups in total. The first-order valence-corrected chi connectivity index (χ1v) is 12.0. The molecule has 0 atom stereocenters. The number of hydrogen-bond acceptors (Lipinski definition) is 5. The van der Waals surface area contributed by atoms with Gasteiger partial charge in [-0.05, 0) is 50.7 Å². The van der Waals surface area contributed by atoms with Crippen molar-refractivity contribution in [1.82, 2.24) is 9.29 Å². The van der Waals surface area contributed by atoms with Crippen molar-refractivity contribution >= 4 is 21.7 Å². The topological polar surface area (TPSA) is 88.6 Å². The Morgan fingerprint density at radius 3 is 2.61 bits per heavy atom. The van der Waals surface area contributed by atoms with Crippen molar-refractivity contribution in [3.63, 3.8) is 0 Å². The van der Waals surface area contributed by atoms with Crippen LogP contribution in [0.1, 0.15) is 51.9 Å². The molecule has 0 bridgehead atoms. The van der Waals surface area contributed by atoms with Crippen LogP contribution in [0, 0.1) is 11.8 Å². The average molecular weight is 410 g/mol. The van der Waals surface area contributed by atoms with Gasteiger partial charge >= 0.3 is 0 Å². The van der Waals surface area contributed by atoms with Gasteiger partial charge in [0.15, 0.2) is 11.6 Å². The second-order valence-electron chi connectivity index (χ2n) is 7.73. The molecule has 1 amide bonds. The monoisotopic (exact) mass is 409 g/mol. The van der Waals surface area contributed by atoms with Crippen LogP contribution in [0.5, 0.6) is 5.75 Å². The first-order chi connectivity index (χ1) is 13.5. The van der Waals surface area contributed by atoms with Crippen molar-refractivity contribution < 1.29 is 17.9 Å². The van der Waals surface area contributed by atoms with E-state index in [9.17, 15) is 13.2 Å². The fraction of sp³-hybridized carbons (Fsp3) is 0.700. The molecular formula is C20H31N3O4S. The van der Waals surface area contributed by atoms with Gasteiger partial charge in [0.1, 0.15) is 0 Å². The number of carbonyl (C=O) groups is 1. The van der Waals surface area contributed by atoms with Gasteiger partial charge in [0, 0.05) is 25.2 Å². The largest absolute Gasteiger partial charge is 0.489 e. The van der Waals surface area contributed by atoms with E-state index in [4.69, 9.17) is 4.74 Å². The highest BCUT2D eigenvalue weighted by Crippen LogP contribution is 2.28. The van der Waals surface area contributed by atoms with Crippen LogP contribution in [0.3, 0.4) is 0 Å². The zero-order chi connectivity index (χ0) is 20.0. The third-order valence-corrected chi connectivity index (χ3v) is 7.68. The first-order valence-electron chi connectivity index (χ1n) is 10.4. The lowest BCUT2D eigenvalue weighted by atomic mass is 9.90. The Labute approximate surface area is 167 Å². The molecule has 2 fully saturated rings. The number of ether oxygens (including phenoxy) is 1. The molecule has 28 heavy (non-hydrogen) atoms. The highest BCUT2D eigenvalue weighted by atomic mass is 32.2. The lowest BCUT2D eigenvalue weighted by Gasteiger charge is -2.30. The minimum Gasteiger partial charge on any atom is -0.489 e. The Hall–Kier alpha value is -1.67. The SMILES string of the molecule is CCS(=O)(=O)N1CCC(C(=O)Nc2ncccc2OCC2CCCCC2)CC1. The summed E-state index contributed by atoms with van der Waals surface area (Å²) in [6, 6.07) is 3.64. The van der Waals surface area contributed by atoms with Crippen LogP contribution < -0.4 is 10.1 Å². The fourth-order valence-corrected chi connectivity index (χ4v) is 5.09. The van der Waals surface area contributed by atoms with Gasteiger partial charge < -0.3 is 10.1 Å². The molecule has 156 valence electrons. The molecule has 1 aliphatic heterocycles. The lowest BCUT2D eigenvalue weighted by Crippen LogP contribution is -2.42. The van der Waals surface area contributed by atoms with E-state index >= 15 is 0 Å². The number of aromatic nitrogens is 1. The minimum absolute atomic E-state index is 0.0967. The first kappa shape index (κ1) is 21.0. The number of nitrogens with one attached hydrogen (secondary N) is 1. The van der Waals surface area contributed by atoms with E-state index in [1.54, 1.807) is 19.2 Å². The Bertz CT molecular complexity index is 754. The number of sulfonamides is 1. The summed E-state index contributed by atoms with van der Waals surface area (Å²) < 4.78 is 31.4. The molecule has 1 saturated carbocycles. The molecule has 1 aromatic rings. The van der Waals surface area contributed by atoms with Gasteiger partial charge in [0.05, 0.1) is 12.4 Å². The van der Waals surface area contributed by atoms with E-state index in [0.29, 0.717) is 50.0 Å². The summed E-state index contributed by atoms with van der Waals surface area (Å²) in [7, 11) is -3.18. The number of rotatable bonds is 7. The van der Waals surface area contributed by atoms with Crippen molar-refractivity contribution in [2.24, 2.45) is 11.8 Å². The molecule has 8 heteroatoms. The second-order valence-corrected chi connectivity index (χ2v) is 9.99. The molecule has 1 aliphatic carbocycles. The maximum Gasteiger partial charge on any atom is 0.228 e. The van der Waals surface area contributed by atoms with Crippen LogP contribution in [-0.2, 0) is 14.8 Å². The Balaban J connectivity index is 1.54. The quantitative estimate of drug-likeness (QED) is 0.748. The zero-order valence-electron chi connectivity index (χ0n) is 16.6. The summed E-state index contributed by atoms with van der Waals surface area (Å²) in [5.41, 5.74) is 0. The molecule has 7 nitrogen and oxygen atoms in total. The van der Waals surface area contributed by atoms with Crippen molar-refractivity contribution in [1.29, 1.82) is 0 Å². The molecular weight excluding hydrogens is 378 g/mol. The molecule has 0 radical (unpaired) electrons. The van der Waals surface area contributed by atoms with Gasteiger partial charge in [-0.2, -0.15) is 0 Å². The summed E-state index contributed by atoms with van der Waals surface area (Å²) in [5, 5.41) is 2.89. The predicted molar refractivity (Wildman–Crippen MR) is 109 cm³/mol. The molecule has 3 rings (SSSR count). The Kier molecular flexibility index (Phi) is 7.29. The van der Waals surface area contributed by atoms with E-state index < -0.39 is 10.0 Å². The molecule has 1 aromatic heterocycles. The molecule has 2 heterocycles. The van der Waals surface area contributed by atoms with E-state index in [2.05, 4.69) is 10.3 Å². The van der Waals surface area contributed by atoms with Crippen LogP contribution in [0.4, 0.5) is 5.82 Å². The maximum absolute atomic E-state index is 12.7. The number of piperidine rings is 1. The number of amides is 1. The predicted octanol–water partition coefficient (Wildman–Crippen LogP) is 3.04. The van der Waals surface area contributed by atoms with E-state index in [1.807, 2.05) is 6.07 Å². The van der Waals surface area contributed by atoms with Gasteiger partial charge in [0.2, 0.25) is 15.9 Å². The van der Waals surface area contributed by atoms with Crippen LogP contribution in [0.2, 0.25) is 0 Å². The highest BCUT2D eigenvalue weighted by Gasteiger charge is 2.30. The van der Waals surface area contributed by atoms with Crippen LogP contribution in [-0.4, -0.2) is 49.1 Å². The molecule has 0 spiro atoms. The summed E-state index contributed by atoms with van der Waals surface area (Å²) in [4.78, 5) is 17.0. The third-order valence-electron chi connectivity index (χ3n) is 5.79. The van der Waals surface area contributed by atoms with Crippen molar-refractivity contribution in [3.8, 4) is 5.75 Å². The van der Waals surface area contributed by atoms with Crippen molar-refractivity contribution in [3.05, 3.63) is 18.3 Å². The smallest absolute Gasteiger partial charge is 0.228 e. The molecule has 0 unspecified atom stereocenters. The van der Waals surface area contributed by atoms with Gasteiger partial charge in [-0.25, -0.2) is 17.7 Å². The summed E-state index contributed by atoms with van der Waals surface area (Å²) in [6.07, 6.45) is 8.91. The van der Waals surface area contributed by atoms with E-state index in [0.717, 1.165) is 0 Å². The van der Waals surface area contributed by atoms with E-state index in [1.165, 1.54) is 36.4 Å². The average Bonchev–Trinajstić information content (AvgIpc) is 2.74. The number of anilines is 1. The molecule has 2 aliphatic rings. The maximum atomic E-state index is 12.7. The van der Waals surface area contributed by atoms with Gasteiger partial charge in [-0.3, -0.25) is 4.79 Å². The normalized spacial score (nSPS) is 20.0. The van der Waals surface area contributed by atoms with Crippen molar-refractivity contribution in [2.45, 2.75) is 51.9 Å². The lowest BCUT2D eigenvalue weighted by molar-refractivity contribution is -0.120. The van der Waals surface area contributed by atoms with Crippen LogP contribution in [0.25, 0.3) is 0 Å². The fourth-order valence-electron chi connectivity index (χ4n) is 3.96. The highest BCUT2D eigenvalue weighted by molar-refractivity contribution is 7.89. The minimum atomic E-state index is -3.18. The second kappa shape index (κ2) is 9.69. The number of nitrogens with zero attached hydrogens (tertiary/aromatic N) is 2. The van der Waals surface area contributed by atoms with Gasteiger partial charge in [-0.1, -0.05) is 19.3 Å².